The molecule has 0 saturated heterocycles. The van der Waals surface area contributed by atoms with E-state index in [1.54, 1.807) is 22.2 Å². The summed E-state index contributed by atoms with van der Waals surface area (Å²) in [6.07, 6.45) is 2.96. The van der Waals surface area contributed by atoms with Crippen molar-refractivity contribution in [2.24, 2.45) is 0 Å². The van der Waals surface area contributed by atoms with Crippen LogP contribution in [0.2, 0.25) is 0 Å². The number of hydrogen-bond donors (Lipinski definition) is 1. The Morgan fingerprint density at radius 2 is 2.29 bits per heavy atom. The first-order valence-electron chi connectivity index (χ1n) is 5.90. The van der Waals surface area contributed by atoms with Crippen LogP contribution in [0.25, 0.3) is 0 Å². The second-order valence-electron chi connectivity index (χ2n) is 3.95. The smallest absolute Gasteiger partial charge is 0.132 e. The lowest BCUT2D eigenvalue weighted by Gasteiger charge is -2.12. The summed E-state index contributed by atoms with van der Waals surface area (Å²) in [5.74, 6) is 0. The number of thiophene rings is 1. The van der Waals surface area contributed by atoms with Crippen molar-refractivity contribution in [3.63, 3.8) is 0 Å². The van der Waals surface area contributed by atoms with E-state index in [1.165, 1.54) is 5.56 Å². The lowest BCUT2D eigenvalue weighted by atomic mass is 10.1. The van der Waals surface area contributed by atoms with Crippen molar-refractivity contribution in [1.29, 1.82) is 0 Å². The highest BCUT2D eigenvalue weighted by molar-refractivity contribution is 7.10. The third-order valence-electron chi connectivity index (χ3n) is 2.77. The molecular weight excluding hydrogens is 234 g/mol. The average Bonchev–Trinajstić information content (AvgIpc) is 2.96. The lowest BCUT2D eigenvalue weighted by Crippen LogP contribution is -2.10. The second kappa shape index (κ2) is 5.42. The number of rotatable bonds is 5. The van der Waals surface area contributed by atoms with Crippen LogP contribution in [0, 0.1) is 0 Å². The molecule has 2 aromatic rings. The van der Waals surface area contributed by atoms with Crippen molar-refractivity contribution in [2.75, 3.05) is 0 Å². The fourth-order valence-corrected chi connectivity index (χ4v) is 2.87. The van der Waals surface area contributed by atoms with E-state index in [0.29, 0.717) is 0 Å². The third-order valence-corrected chi connectivity index (χ3v) is 3.78. The SMILES string of the molecule is CCCn1nncc1C(O)c1sccc1CC. The molecule has 1 N–H and O–H groups in total. The average molecular weight is 251 g/mol. The molecule has 0 aliphatic carbocycles. The highest BCUT2D eigenvalue weighted by atomic mass is 32.1. The zero-order chi connectivity index (χ0) is 12.3. The second-order valence-corrected chi connectivity index (χ2v) is 4.90. The van der Waals surface area contributed by atoms with E-state index in [9.17, 15) is 5.11 Å². The van der Waals surface area contributed by atoms with Gasteiger partial charge in [0.2, 0.25) is 0 Å². The predicted octanol–water partition coefficient (Wildman–Crippen LogP) is 2.39. The molecule has 0 radical (unpaired) electrons. The van der Waals surface area contributed by atoms with Crippen molar-refractivity contribution in [1.82, 2.24) is 15.0 Å². The van der Waals surface area contributed by atoms with E-state index in [1.807, 2.05) is 5.38 Å². The molecule has 2 rings (SSSR count). The standard InChI is InChI=1S/C12H17N3OS/c1-3-6-15-10(8-13-14-15)11(16)12-9(4-2)5-7-17-12/h5,7-8,11,16H,3-4,6H2,1-2H3. The molecule has 0 saturated carbocycles. The molecule has 17 heavy (non-hydrogen) atoms. The van der Waals surface area contributed by atoms with E-state index in [-0.39, 0.29) is 0 Å². The minimum atomic E-state index is -0.605. The zero-order valence-corrected chi connectivity index (χ0v) is 10.9. The van der Waals surface area contributed by atoms with E-state index in [2.05, 4.69) is 30.2 Å². The Hall–Kier alpha value is -1.20. The van der Waals surface area contributed by atoms with Crippen molar-refractivity contribution in [3.05, 3.63) is 33.8 Å². The van der Waals surface area contributed by atoms with E-state index in [0.717, 1.165) is 30.0 Å². The monoisotopic (exact) mass is 251 g/mol. The van der Waals surface area contributed by atoms with Crippen molar-refractivity contribution in [2.45, 2.75) is 39.3 Å². The van der Waals surface area contributed by atoms with Crippen LogP contribution in [0.4, 0.5) is 0 Å². The summed E-state index contributed by atoms with van der Waals surface area (Å²) in [6, 6.07) is 2.07. The Morgan fingerprint density at radius 1 is 1.47 bits per heavy atom. The normalized spacial score (nSPS) is 12.9. The first-order chi connectivity index (χ1) is 8.27. The van der Waals surface area contributed by atoms with Crippen molar-refractivity contribution < 1.29 is 5.11 Å². The van der Waals surface area contributed by atoms with Crippen LogP contribution >= 0.6 is 11.3 Å². The quantitative estimate of drug-likeness (QED) is 0.887. The van der Waals surface area contributed by atoms with Crippen LogP contribution in [0.5, 0.6) is 0 Å². The van der Waals surface area contributed by atoms with Gasteiger partial charge in [-0.1, -0.05) is 19.1 Å². The maximum atomic E-state index is 10.4. The first-order valence-corrected chi connectivity index (χ1v) is 6.78. The molecule has 0 aliphatic heterocycles. The number of aromatic nitrogens is 3. The number of aliphatic hydroxyl groups excluding tert-OH is 1. The molecule has 1 atom stereocenters. The Morgan fingerprint density at radius 3 is 3.00 bits per heavy atom. The van der Waals surface area contributed by atoms with Crippen LogP contribution in [0.3, 0.4) is 0 Å². The van der Waals surface area contributed by atoms with Gasteiger partial charge in [-0.2, -0.15) is 0 Å². The molecule has 0 fully saturated rings. The Kier molecular flexibility index (Phi) is 3.91. The molecular formula is C12H17N3OS. The topological polar surface area (TPSA) is 50.9 Å². The van der Waals surface area contributed by atoms with Gasteiger partial charge in [-0.3, -0.25) is 0 Å². The molecule has 2 aromatic heterocycles. The number of aryl methyl sites for hydroxylation is 2. The molecule has 92 valence electrons. The molecule has 2 heterocycles. The fraction of sp³-hybridized carbons (Fsp3) is 0.500. The maximum Gasteiger partial charge on any atom is 0.132 e. The van der Waals surface area contributed by atoms with Crippen LogP contribution in [-0.2, 0) is 13.0 Å². The molecule has 5 heteroatoms. The van der Waals surface area contributed by atoms with Crippen LogP contribution in [0.15, 0.2) is 17.6 Å². The minimum absolute atomic E-state index is 0.605. The Bertz CT molecular complexity index is 478. The summed E-state index contributed by atoms with van der Waals surface area (Å²) < 4.78 is 1.78. The number of hydrogen-bond acceptors (Lipinski definition) is 4. The summed E-state index contributed by atoms with van der Waals surface area (Å²) in [5, 5.41) is 20.3. The van der Waals surface area contributed by atoms with Gasteiger partial charge < -0.3 is 5.11 Å². The van der Waals surface area contributed by atoms with E-state index >= 15 is 0 Å². The third kappa shape index (κ3) is 2.40. The Labute approximate surface area is 105 Å². The van der Waals surface area contributed by atoms with Crippen LogP contribution < -0.4 is 0 Å². The van der Waals surface area contributed by atoms with Gasteiger partial charge in [-0.15, -0.1) is 16.4 Å². The van der Waals surface area contributed by atoms with Gasteiger partial charge in [0.25, 0.3) is 0 Å². The van der Waals surface area contributed by atoms with Crippen molar-refractivity contribution >= 4 is 11.3 Å². The maximum absolute atomic E-state index is 10.4. The molecule has 0 bridgehead atoms. The van der Waals surface area contributed by atoms with E-state index < -0.39 is 6.10 Å². The fourth-order valence-electron chi connectivity index (χ4n) is 1.88. The predicted molar refractivity (Wildman–Crippen MR) is 68.1 cm³/mol. The van der Waals surface area contributed by atoms with Crippen LogP contribution in [0.1, 0.15) is 42.5 Å². The summed E-state index contributed by atoms with van der Waals surface area (Å²) in [7, 11) is 0. The van der Waals surface area contributed by atoms with Gasteiger partial charge in [0.15, 0.2) is 0 Å². The molecule has 4 nitrogen and oxygen atoms in total. The molecule has 1 unspecified atom stereocenters. The first kappa shape index (κ1) is 12.3. The summed E-state index contributed by atoms with van der Waals surface area (Å²) >= 11 is 1.59. The Balaban J connectivity index is 2.30. The van der Waals surface area contributed by atoms with E-state index in [4.69, 9.17) is 0 Å². The van der Waals surface area contributed by atoms with Gasteiger partial charge in [-0.05, 0) is 29.9 Å². The van der Waals surface area contributed by atoms with Gasteiger partial charge >= 0.3 is 0 Å². The van der Waals surface area contributed by atoms with Gasteiger partial charge in [-0.25, -0.2) is 4.68 Å². The number of aliphatic hydroxyl groups is 1. The zero-order valence-electron chi connectivity index (χ0n) is 10.1. The minimum Gasteiger partial charge on any atom is -0.381 e. The van der Waals surface area contributed by atoms with Gasteiger partial charge in [0, 0.05) is 11.4 Å². The summed E-state index contributed by atoms with van der Waals surface area (Å²) in [6.45, 7) is 4.97. The molecule has 0 aromatic carbocycles. The highest BCUT2D eigenvalue weighted by Crippen LogP contribution is 2.29. The highest BCUT2D eigenvalue weighted by Gasteiger charge is 2.19. The van der Waals surface area contributed by atoms with Gasteiger partial charge in [0.05, 0.1) is 11.9 Å². The largest absolute Gasteiger partial charge is 0.381 e. The summed E-state index contributed by atoms with van der Waals surface area (Å²) in [4.78, 5) is 1.01. The molecule has 0 amide bonds. The van der Waals surface area contributed by atoms with Crippen LogP contribution in [-0.4, -0.2) is 20.1 Å². The number of nitrogens with zero attached hydrogens (tertiary/aromatic N) is 3. The lowest BCUT2D eigenvalue weighted by molar-refractivity contribution is 0.210. The molecule has 0 aliphatic rings. The van der Waals surface area contributed by atoms with Crippen molar-refractivity contribution in [3.8, 4) is 0 Å². The molecule has 0 spiro atoms. The van der Waals surface area contributed by atoms with Gasteiger partial charge in [0.1, 0.15) is 6.10 Å². The summed E-state index contributed by atoms with van der Waals surface area (Å²) in [5.41, 5.74) is 1.98.